The maximum atomic E-state index is 11.0. The number of carbonyl (C=O) groups is 1. The average Bonchev–Trinajstić information content (AvgIpc) is 2.27. The Kier molecular flexibility index (Phi) is 2.38. The lowest BCUT2D eigenvalue weighted by atomic mass is 10.1. The first kappa shape index (κ1) is 8.53. The van der Waals surface area contributed by atoms with Crippen LogP contribution in [-0.2, 0) is 0 Å². The molecular weight excluding hydrogens is 218 g/mol. The number of hydrogen-bond donors (Lipinski definition) is 1. The van der Waals surface area contributed by atoms with E-state index < -0.39 is 12.9 Å². The fourth-order valence-electron chi connectivity index (χ4n) is 1.73. The molecule has 4 nitrogen and oxygen atoms in total. The van der Waals surface area contributed by atoms with Crippen molar-refractivity contribution in [3.63, 3.8) is 0 Å². The minimum Gasteiger partial charge on any atom is -0.492 e. The van der Waals surface area contributed by atoms with Crippen LogP contribution in [0.25, 0.3) is 0 Å². The molecular formula is C13H17NO3. The van der Waals surface area contributed by atoms with Crippen LogP contribution in [0.15, 0.2) is 18.2 Å². The number of aromatic carboxylic acids is 1. The largest absolute Gasteiger partial charge is 0.492 e. The van der Waals surface area contributed by atoms with Crippen molar-refractivity contribution >= 4 is 5.97 Å². The molecule has 1 aliphatic rings. The summed E-state index contributed by atoms with van der Waals surface area (Å²) in [5.41, 5.74) is 0.862. The lowest BCUT2D eigenvalue weighted by Crippen LogP contribution is -2.48. The Morgan fingerprint density at radius 3 is 3.12 bits per heavy atom. The van der Waals surface area contributed by atoms with Gasteiger partial charge in [0, 0.05) is 10.2 Å². The number of likely N-dealkylation sites (N-methyl/N-ethyl adjacent to an activating group) is 1. The quantitative estimate of drug-likeness (QED) is 0.868. The van der Waals surface area contributed by atoms with Gasteiger partial charge in [-0.2, -0.15) is 0 Å². The van der Waals surface area contributed by atoms with Gasteiger partial charge in [-0.1, -0.05) is 6.07 Å². The SMILES string of the molecule is [2H]C([2H])([2H])N1CC[C@H]1COc1ccc(C)c(C(=O)O)c1. The lowest BCUT2D eigenvalue weighted by molar-refractivity contribution is 0.0691. The molecule has 1 aromatic rings. The summed E-state index contributed by atoms with van der Waals surface area (Å²) in [4.78, 5) is 12.4. The van der Waals surface area contributed by atoms with Crippen LogP contribution in [0.5, 0.6) is 5.75 Å². The van der Waals surface area contributed by atoms with Gasteiger partial charge in [-0.15, -0.1) is 0 Å². The first-order valence-corrected chi connectivity index (χ1v) is 5.52. The number of ether oxygens (including phenoxy) is 1. The van der Waals surface area contributed by atoms with Crippen LogP contribution in [-0.4, -0.2) is 42.1 Å². The van der Waals surface area contributed by atoms with E-state index in [1.807, 2.05) is 0 Å². The first-order chi connectivity index (χ1) is 9.29. The second kappa shape index (κ2) is 4.75. The predicted molar refractivity (Wildman–Crippen MR) is 64.7 cm³/mol. The Bertz CT molecular complexity index is 516. The van der Waals surface area contributed by atoms with Gasteiger partial charge in [-0.05, 0) is 44.6 Å². The van der Waals surface area contributed by atoms with Crippen LogP contribution in [0, 0.1) is 6.92 Å². The highest BCUT2D eigenvalue weighted by molar-refractivity contribution is 5.89. The number of carboxylic acids is 1. The van der Waals surface area contributed by atoms with Crippen molar-refractivity contribution in [2.24, 2.45) is 0 Å². The number of hydrogen-bond acceptors (Lipinski definition) is 3. The topological polar surface area (TPSA) is 49.8 Å². The normalized spacial score (nSPS) is 23.1. The molecule has 1 fully saturated rings. The molecule has 0 amide bonds. The van der Waals surface area contributed by atoms with Crippen LogP contribution in [0.2, 0.25) is 0 Å². The van der Waals surface area contributed by atoms with Gasteiger partial charge in [0.1, 0.15) is 12.4 Å². The molecule has 0 unspecified atom stereocenters. The van der Waals surface area contributed by atoms with Crippen molar-refractivity contribution in [2.75, 3.05) is 20.1 Å². The minimum absolute atomic E-state index is 0.142. The van der Waals surface area contributed by atoms with Gasteiger partial charge in [0.25, 0.3) is 0 Å². The molecule has 1 atom stereocenters. The van der Waals surface area contributed by atoms with Crippen molar-refractivity contribution in [3.8, 4) is 5.75 Å². The zero-order valence-corrected chi connectivity index (χ0v) is 9.64. The molecule has 1 N–H and O–H groups in total. The summed E-state index contributed by atoms with van der Waals surface area (Å²) in [6.07, 6.45) is 0.774. The van der Waals surface area contributed by atoms with Gasteiger partial charge in [-0.3, -0.25) is 4.90 Å². The zero-order valence-electron chi connectivity index (χ0n) is 12.6. The molecule has 1 heterocycles. The van der Waals surface area contributed by atoms with E-state index in [0.717, 1.165) is 6.42 Å². The monoisotopic (exact) mass is 238 g/mol. The van der Waals surface area contributed by atoms with Crippen molar-refractivity contribution in [1.29, 1.82) is 0 Å². The Hall–Kier alpha value is -1.55. The van der Waals surface area contributed by atoms with Crippen LogP contribution >= 0.6 is 0 Å². The second-order valence-corrected chi connectivity index (χ2v) is 4.23. The number of benzene rings is 1. The molecule has 0 aliphatic carbocycles. The molecule has 0 spiro atoms. The summed E-state index contributed by atoms with van der Waals surface area (Å²) in [6.45, 7) is 0.417. The fraction of sp³-hybridized carbons (Fsp3) is 0.462. The molecule has 92 valence electrons. The minimum atomic E-state index is -2.09. The van der Waals surface area contributed by atoms with Crippen molar-refractivity contribution in [3.05, 3.63) is 29.3 Å². The van der Waals surface area contributed by atoms with Crippen molar-refractivity contribution in [1.82, 2.24) is 4.90 Å². The van der Waals surface area contributed by atoms with Gasteiger partial charge < -0.3 is 9.84 Å². The number of likely N-dealkylation sites (tertiary alicyclic amines) is 1. The third-order valence-corrected chi connectivity index (χ3v) is 3.03. The van der Waals surface area contributed by atoms with E-state index in [4.69, 9.17) is 14.0 Å². The highest BCUT2D eigenvalue weighted by Gasteiger charge is 2.24. The summed E-state index contributed by atoms with van der Waals surface area (Å²) in [7, 11) is 0. The number of carboxylic acid groups (broad SMARTS) is 1. The molecule has 1 saturated heterocycles. The standard InChI is InChI=1S/C13H17NO3/c1-9-3-4-11(7-12(9)13(15)16)17-8-10-5-6-14(10)2/h3-4,7,10H,5-6,8H2,1-2H3,(H,15,16)/t10-/m0/s1/i2D3. The van der Waals surface area contributed by atoms with Crippen LogP contribution in [0.4, 0.5) is 0 Å². The van der Waals surface area contributed by atoms with Gasteiger partial charge in [0.2, 0.25) is 0 Å². The molecule has 0 bridgehead atoms. The van der Waals surface area contributed by atoms with Crippen LogP contribution in [0.3, 0.4) is 0 Å². The van der Waals surface area contributed by atoms with E-state index >= 15 is 0 Å². The average molecular weight is 238 g/mol. The molecule has 0 radical (unpaired) electrons. The third kappa shape index (κ3) is 2.58. The molecule has 17 heavy (non-hydrogen) atoms. The number of rotatable bonds is 4. The zero-order chi connectivity index (χ0) is 14.9. The fourth-order valence-corrected chi connectivity index (χ4v) is 1.73. The Morgan fingerprint density at radius 1 is 1.71 bits per heavy atom. The molecule has 1 aromatic carbocycles. The molecule has 2 rings (SSSR count). The van der Waals surface area contributed by atoms with E-state index in [1.165, 1.54) is 11.0 Å². The second-order valence-electron chi connectivity index (χ2n) is 4.23. The summed E-state index contributed by atoms with van der Waals surface area (Å²) < 4.78 is 27.6. The number of nitrogens with zero attached hydrogens (tertiary/aromatic N) is 1. The van der Waals surface area contributed by atoms with Crippen molar-refractivity contribution < 1.29 is 18.8 Å². The molecule has 0 saturated carbocycles. The first-order valence-electron chi connectivity index (χ1n) is 7.02. The van der Waals surface area contributed by atoms with Gasteiger partial charge >= 0.3 is 5.97 Å². The number of aryl methyl sites for hydroxylation is 1. The Balaban J connectivity index is 1.98. The molecule has 1 aliphatic heterocycles. The highest BCUT2D eigenvalue weighted by Crippen LogP contribution is 2.20. The van der Waals surface area contributed by atoms with Crippen LogP contribution in [0.1, 0.15) is 26.5 Å². The van der Waals surface area contributed by atoms with Gasteiger partial charge in [0.05, 0.1) is 5.56 Å². The maximum absolute atomic E-state index is 11.0. The smallest absolute Gasteiger partial charge is 0.336 e. The summed E-state index contributed by atoms with van der Waals surface area (Å²) in [5, 5.41) is 9.04. The molecule has 0 aromatic heterocycles. The van der Waals surface area contributed by atoms with E-state index in [-0.39, 0.29) is 18.2 Å². The third-order valence-electron chi connectivity index (χ3n) is 3.03. The molecule has 4 heteroatoms. The van der Waals surface area contributed by atoms with Crippen molar-refractivity contribution in [2.45, 2.75) is 19.4 Å². The van der Waals surface area contributed by atoms with E-state index in [9.17, 15) is 4.79 Å². The Morgan fingerprint density at radius 2 is 2.53 bits per heavy atom. The van der Waals surface area contributed by atoms with E-state index in [2.05, 4.69) is 0 Å². The Labute approximate surface area is 105 Å². The van der Waals surface area contributed by atoms with Gasteiger partial charge in [0.15, 0.2) is 0 Å². The maximum Gasteiger partial charge on any atom is 0.336 e. The predicted octanol–water partition coefficient (Wildman–Crippen LogP) is 1.78. The van der Waals surface area contributed by atoms with Gasteiger partial charge in [-0.25, -0.2) is 4.79 Å². The van der Waals surface area contributed by atoms with Crippen LogP contribution < -0.4 is 4.74 Å². The highest BCUT2D eigenvalue weighted by atomic mass is 16.5. The van der Waals surface area contributed by atoms with E-state index in [0.29, 0.717) is 17.9 Å². The van der Waals surface area contributed by atoms with E-state index in [1.54, 1.807) is 19.1 Å². The summed E-state index contributed by atoms with van der Waals surface area (Å²) in [6, 6.07) is 4.70. The summed E-state index contributed by atoms with van der Waals surface area (Å²) >= 11 is 0. The lowest BCUT2D eigenvalue weighted by Gasteiger charge is -2.37. The summed E-state index contributed by atoms with van der Waals surface area (Å²) in [5.74, 6) is -0.550.